The fraction of sp³-hybridized carbons (Fsp3) is 0.538. The van der Waals surface area contributed by atoms with Crippen LogP contribution < -0.4 is 14.9 Å². The Morgan fingerprint density at radius 2 is 1.90 bits per heavy atom. The number of rotatable bonds is 8. The first-order valence-electron chi connectivity index (χ1n) is 6.59. The lowest BCUT2D eigenvalue weighted by atomic mass is 9.79. The van der Waals surface area contributed by atoms with Gasteiger partial charge in [-0.15, -0.1) is 0 Å². The molecule has 0 fully saturated rings. The molecule has 0 aliphatic heterocycles. The fourth-order valence-electron chi connectivity index (χ4n) is 1.61. The molecule has 7 heteroatoms. The molecule has 0 aliphatic carbocycles. The number of methoxy groups -OCH3 is 1. The zero-order chi connectivity index (χ0) is 15.2. The molecule has 0 saturated carbocycles. The van der Waals surface area contributed by atoms with Gasteiger partial charge in [-0.25, -0.2) is 0 Å². The maximum absolute atomic E-state index is 9.25. The van der Waals surface area contributed by atoms with Gasteiger partial charge in [0.1, 0.15) is 0 Å². The van der Waals surface area contributed by atoms with Crippen molar-refractivity contribution in [1.82, 2.24) is 0 Å². The van der Waals surface area contributed by atoms with Gasteiger partial charge < -0.3 is 24.3 Å². The van der Waals surface area contributed by atoms with E-state index in [1.165, 1.54) is 7.11 Å². The van der Waals surface area contributed by atoms with Crippen LogP contribution in [0.1, 0.15) is 0 Å². The summed E-state index contributed by atoms with van der Waals surface area (Å²) in [7, 11) is -1.24. The predicted octanol–water partition coefficient (Wildman–Crippen LogP) is 1.07. The second kappa shape index (κ2) is 7.68. The molecule has 0 radical (unpaired) electrons. The van der Waals surface area contributed by atoms with E-state index in [0.717, 1.165) is 6.04 Å². The van der Waals surface area contributed by atoms with E-state index in [4.69, 9.17) is 14.2 Å². The van der Waals surface area contributed by atoms with Crippen molar-refractivity contribution in [3.63, 3.8) is 0 Å². The van der Waals surface area contributed by atoms with Gasteiger partial charge in [-0.3, -0.25) is 0 Å². The van der Waals surface area contributed by atoms with Gasteiger partial charge in [0.15, 0.2) is 18.3 Å². The van der Waals surface area contributed by atoms with Crippen molar-refractivity contribution in [2.24, 2.45) is 0 Å². The van der Waals surface area contributed by atoms with Gasteiger partial charge in [-0.1, -0.05) is 31.8 Å². The van der Waals surface area contributed by atoms with Crippen molar-refractivity contribution in [3.8, 4) is 11.5 Å². The Morgan fingerprint density at radius 1 is 1.20 bits per heavy atom. The second-order valence-electron chi connectivity index (χ2n) is 5.73. The van der Waals surface area contributed by atoms with Gasteiger partial charge >= 0.3 is 7.12 Å². The third-order valence-corrected chi connectivity index (χ3v) is 4.49. The third-order valence-electron chi connectivity index (χ3n) is 2.79. The van der Waals surface area contributed by atoms with Crippen LogP contribution in [-0.2, 0) is 4.74 Å². The first kappa shape index (κ1) is 17.0. The summed E-state index contributed by atoms with van der Waals surface area (Å²) in [5.74, 6) is 0.752. The van der Waals surface area contributed by atoms with Crippen molar-refractivity contribution >= 4 is 20.7 Å². The predicted molar refractivity (Wildman–Crippen MR) is 82.4 cm³/mol. The molecular formula is C13H23BO5Si. The minimum Gasteiger partial charge on any atom is -0.493 e. The SMILES string of the molecule is COc1c(OCOCC[Si](C)(C)C)cccc1B(O)O. The van der Waals surface area contributed by atoms with Gasteiger partial charge in [0.2, 0.25) is 0 Å². The van der Waals surface area contributed by atoms with Crippen molar-refractivity contribution in [2.45, 2.75) is 25.7 Å². The van der Waals surface area contributed by atoms with Crippen LogP contribution in [0.5, 0.6) is 11.5 Å². The minimum absolute atomic E-state index is 0.117. The Kier molecular flexibility index (Phi) is 6.54. The zero-order valence-corrected chi connectivity index (χ0v) is 13.5. The van der Waals surface area contributed by atoms with E-state index in [1.54, 1.807) is 18.2 Å². The molecule has 0 unspecified atom stereocenters. The normalized spacial score (nSPS) is 11.3. The number of hydrogen-bond acceptors (Lipinski definition) is 5. The fourth-order valence-corrected chi connectivity index (χ4v) is 2.37. The lowest BCUT2D eigenvalue weighted by Gasteiger charge is -2.17. The first-order chi connectivity index (χ1) is 9.35. The number of ether oxygens (including phenoxy) is 3. The first-order valence-corrected chi connectivity index (χ1v) is 10.3. The van der Waals surface area contributed by atoms with E-state index < -0.39 is 15.2 Å². The standard InChI is InChI=1S/C13H23BO5Si/c1-17-13-11(14(15)16)6-5-7-12(13)19-10-18-8-9-20(2,3)4/h5-7,15-16H,8-10H2,1-4H3. The van der Waals surface area contributed by atoms with Gasteiger partial charge in [0.05, 0.1) is 7.11 Å². The van der Waals surface area contributed by atoms with Gasteiger partial charge in [-0.05, 0) is 12.1 Å². The summed E-state index contributed by atoms with van der Waals surface area (Å²) in [5, 5.41) is 18.5. The van der Waals surface area contributed by atoms with E-state index >= 15 is 0 Å². The van der Waals surface area contributed by atoms with E-state index in [0.29, 0.717) is 18.1 Å². The molecule has 0 heterocycles. The Balaban J connectivity index is 2.54. The zero-order valence-electron chi connectivity index (χ0n) is 12.5. The van der Waals surface area contributed by atoms with E-state index in [1.807, 2.05) is 0 Å². The molecule has 1 aromatic carbocycles. The molecule has 1 rings (SSSR count). The summed E-state index contributed by atoms with van der Waals surface area (Å²) in [6.45, 7) is 7.64. The topological polar surface area (TPSA) is 68.2 Å². The lowest BCUT2D eigenvalue weighted by Crippen LogP contribution is -2.31. The third kappa shape index (κ3) is 5.54. The number of benzene rings is 1. The molecule has 0 aliphatic rings. The van der Waals surface area contributed by atoms with Crippen LogP contribution in [0.15, 0.2) is 18.2 Å². The highest BCUT2D eigenvalue weighted by molar-refractivity contribution is 6.76. The van der Waals surface area contributed by atoms with Gasteiger partial charge in [0, 0.05) is 20.1 Å². The average molecular weight is 298 g/mol. The van der Waals surface area contributed by atoms with E-state index in [9.17, 15) is 10.0 Å². The summed E-state index contributed by atoms with van der Waals surface area (Å²) < 4.78 is 16.1. The molecule has 20 heavy (non-hydrogen) atoms. The summed E-state index contributed by atoms with van der Waals surface area (Å²) >= 11 is 0. The molecule has 0 aromatic heterocycles. The second-order valence-corrected chi connectivity index (χ2v) is 11.4. The highest BCUT2D eigenvalue weighted by atomic mass is 28.3. The van der Waals surface area contributed by atoms with Crippen LogP contribution in [0.4, 0.5) is 0 Å². The quantitative estimate of drug-likeness (QED) is 0.427. The van der Waals surface area contributed by atoms with Crippen molar-refractivity contribution in [2.75, 3.05) is 20.5 Å². The highest BCUT2D eigenvalue weighted by Gasteiger charge is 2.20. The molecule has 0 amide bonds. The molecule has 5 nitrogen and oxygen atoms in total. The maximum atomic E-state index is 9.25. The molecule has 0 atom stereocenters. The smallest absolute Gasteiger partial charge is 0.492 e. The summed E-state index contributed by atoms with van der Waals surface area (Å²) in [4.78, 5) is 0. The molecular weight excluding hydrogens is 275 g/mol. The number of para-hydroxylation sites is 1. The summed E-state index contributed by atoms with van der Waals surface area (Å²) in [6, 6.07) is 6.02. The molecule has 1 aromatic rings. The summed E-state index contributed by atoms with van der Waals surface area (Å²) in [6.07, 6.45) is 0. The Bertz CT molecular complexity index is 420. The van der Waals surface area contributed by atoms with Crippen LogP contribution in [0.2, 0.25) is 25.7 Å². The highest BCUT2D eigenvalue weighted by Crippen LogP contribution is 2.24. The monoisotopic (exact) mass is 298 g/mol. The molecule has 0 bridgehead atoms. The van der Waals surface area contributed by atoms with E-state index in [-0.39, 0.29) is 12.3 Å². The largest absolute Gasteiger partial charge is 0.493 e. The van der Waals surface area contributed by atoms with Crippen molar-refractivity contribution in [3.05, 3.63) is 18.2 Å². The average Bonchev–Trinajstić information content (AvgIpc) is 2.36. The molecule has 2 N–H and O–H groups in total. The molecule has 112 valence electrons. The van der Waals surface area contributed by atoms with Crippen LogP contribution in [0.3, 0.4) is 0 Å². The minimum atomic E-state index is -1.60. The van der Waals surface area contributed by atoms with Crippen LogP contribution in [0, 0.1) is 0 Å². The Labute approximate surface area is 121 Å². The summed E-state index contributed by atoms with van der Waals surface area (Å²) in [5.41, 5.74) is 0.270. The lowest BCUT2D eigenvalue weighted by molar-refractivity contribution is 0.0206. The van der Waals surface area contributed by atoms with E-state index in [2.05, 4.69) is 19.6 Å². The van der Waals surface area contributed by atoms with Gasteiger partial charge in [0.25, 0.3) is 0 Å². The maximum Gasteiger partial charge on any atom is 0.492 e. The molecule has 0 saturated heterocycles. The van der Waals surface area contributed by atoms with Crippen LogP contribution in [-0.4, -0.2) is 45.7 Å². The number of hydrogen-bond donors (Lipinski definition) is 2. The Morgan fingerprint density at radius 3 is 2.45 bits per heavy atom. The van der Waals surface area contributed by atoms with Crippen molar-refractivity contribution < 1.29 is 24.3 Å². The van der Waals surface area contributed by atoms with Crippen molar-refractivity contribution in [1.29, 1.82) is 0 Å². The van der Waals surface area contributed by atoms with Crippen LogP contribution in [0.25, 0.3) is 0 Å². The van der Waals surface area contributed by atoms with Crippen LogP contribution >= 0.6 is 0 Å². The van der Waals surface area contributed by atoms with Gasteiger partial charge in [-0.2, -0.15) is 0 Å². The molecule has 0 spiro atoms. The Hall–Kier alpha value is -1.02.